The van der Waals surface area contributed by atoms with Crippen molar-refractivity contribution in [2.75, 3.05) is 20.2 Å². The van der Waals surface area contributed by atoms with Crippen LogP contribution in [0.25, 0.3) is 16.9 Å². The molecule has 6 heteroatoms. The van der Waals surface area contributed by atoms with Crippen molar-refractivity contribution in [3.05, 3.63) is 97.0 Å². The average molecular weight is 398 g/mol. The summed E-state index contributed by atoms with van der Waals surface area (Å²) in [7, 11) is 1.77. The first-order valence-corrected chi connectivity index (χ1v) is 9.71. The zero-order valence-electron chi connectivity index (χ0n) is 16.7. The van der Waals surface area contributed by atoms with E-state index >= 15 is 0 Å². The van der Waals surface area contributed by atoms with Gasteiger partial charge in [0.25, 0.3) is 5.91 Å². The molecule has 6 nitrogen and oxygen atoms in total. The van der Waals surface area contributed by atoms with Gasteiger partial charge in [-0.2, -0.15) is 5.10 Å². The average Bonchev–Trinajstić information content (AvgIpc) is 3.26. The zero-order chi connectivity index (χ0) is 20.8. The van der Waals surface area contributed by atoms with Gasteiger partial charge >= 0.3 is 0 Å². The Labute approximate surface area is 175 Å². The summed E-state index contributed by atoms with van der Waals surface area (Å²) in [4.78, 5) is 19.0. The molecular formula is C24H22N4O2. The summed E-state index contributed by atoms with van der Waals surface area (Å²) >= 11 is 0. The fourth-order valence-electron chi connectivity index (χ4n) is 3.08. The van der Waals surface area contributed by atoms with Crippen molar-refractivity contribution in [2.45, 2.75) is 0 Å². The SMILES string of the molecule is CN(CCOc1ccccc1)C(=O)c1cn(-c2ccccc2)nc1-c1cccnc1. The Bertz CT molecular complexity index is 1100. The van der Waals surface area contributed by atoms with E-state index in [0.29, 0.717) is 24.4 Å². The molecule has 0 N–H and O–H groups in total. The van der Waals surface area contributed by atoms with Gasteiger partial charge in [-0.1, -0.05) is 36.4 Å². The van der Waals surface area contributed by atoms with Gasteiger partial charge in [-0.3, -0.25) is 9.78 Å². The number of para-hydroxylation sites is 2. The summed E-state index contributed by atoms with van der Waals surface area (Å²) in [6, 6.07) is 23.0. The third-order valence-corrected chi connectivity index (χ3v) is 4.69. The van der Waals surface area contributed by atoms with Gasteiger partial charge < -0.3 is 9.64 Å². The number of ether oxygens (including phenoxy) is 1. The van der Waals surface area contributed by atoms with Crippen molar-refractivity contribution >= 4 is 5.91 Å². The molecule has 0 saturated carbocycles. The van der Waals surface area contributed by atoms with Crippen LogP contribution >= 0.6 is 0 Å². The Balaban J connectivity index is 1.56. The summed E-state index contributed by atoms with van der Waals surface area (Å²) in [5.41, 5.74) is 2.81. The number of likely N-dealkylation sites (N-methyl/N-ethyl adjacent to an activating group) is 1. The predicted octanol–water partition coefficient (Wildman–Crippen LogP) is 4.09. The number of pyridine rings is 1. The van der Waals surface area contributed by atoms with Crippen molar-refractivity contribution in [1.82, 2.24) is 19.7 Å². The van der Waals surface area contributed by atoms with Crippen LogP contribution in [0.4, 0.5) is 0 Å². The first-order valence-electron chi connectivity index (χ1n) is 9.71. The lowest BCUT2D eigenvalue weighted by molar-refractivity contribution is 0.0774. The second-order valence-electron chi connectivity index (χ2n) is 6.80. The standard InChI is InChI=1S/C24H22N4O2/c1-27(15-16-30-21-12-6-3-7-13-21)24(29)22-18-28(20-10-4-2-5-11-20)26-23(22)19-9-8-14-25-17-19/h2-14,17-18H,15-16H2,1H3. The molecule has 30 heavy (non-hydrogen) atoms. The molecule has 1 amide bonds. The highest BCUT2D eigenvalue weighted by Gasteiger charge is 2.21. The number of carbonyl (C=O) groups is 1. The molecule has 4 aromatic rings. The van der Waals surface area contributed by atoms with E-state index in [4.69, 9.17) is 4.74 Å². The molecule has 2 aromatic heterocycles. The summed E-state index contributed by atoms with van der Waals surface area (Å²) in [6.07, 6.45) is 5.19. The number of benzene rings is 2. The second kappa shape index (κ2) is 9.05. The highest BCUT2D eigenvalue weighted by Crippen LogP contribution is 2.24. The molecule has 150 valence electrons. The van der Waals surface area contributed by atoms with Gasteiger partial charge in [-0.25, -0.2) is 4.68 Å². The topological polar surface area (TPSA) is 60.2 Å². The minimum absolute atomic E-state index is 0.118. The lowest BCUT2D eigenvalue weighted by Gasteiger charge is -2.17. The van der Waals surface area contributed by atoms with E-state index in [9.17, 15) is 4.79 Å². The maximum absolute atomic E-state index is 13.2. The van der Waals surface area contributed by atoms with Gasteiger partial charge in [-0.15, -0.1) is 0 Å². The van der Waals surface area contributed by atoms with Crippen LogP contribution in [0.3, 0.4) is 0 Å². The molecule has 0 aliphatic rings. The van der Waals surface area contributed by atoms with E-state index < -0.39 is 0 Å². The number of hydrogen-bond donors (Lipinski definition) is 0. The Hall–Kier alpha value is -3.93. The summed E-state index contributed by atoms with van der Waals surface area (Å²) in [5.74, 6) is 0.666. The van der Waals surface area contributed by atoms with Crippen LogP contribution in [0.15, 0.2) is 91.4 Å². The highest BCUT2D eigenvalue weighted by molar-refractivity contribution is 5.99. The number of carbonyl (C=O) groups excluding carboxylic acids is 1. The van der Waals surface area contributed by atoms with Crippen molar-refractivity contribution in [1.29, 1.82) is 0 Å². The van der Waals surface area contributed by atoms with E-state index in [1.807, 2.05) is 72.8 Å². The molecule has 2 heterocycles. The Kier molecular flexibility index (Phi) is 5.85. The second-order valence-corrected chi connectivity index (χ2v) is 6.80. The Morgan fingerprint density at radius 3 is 2.43 bits per heavy atom. The number of aromatic nitrogens is 3. The normalized spacial score (nSPS) is 10.6. The van der Waals surface area contributed by atoms with Gasteiger partial charge in [0.15, 0.2) is 0 Å². The van der Waals surface area contributed by atoms with Gasteiger partial charge in [0, 0.05) is 31.2 Å². The predicted molar refractivity (Wildman–Crippen MR) is 116 cm³/mol. The quantitative estimate of drug-likeness (QED) is 0.471. The van der Waals surface area contributed by atoms with E-state index in [1.165, 1.54) is 0 Å². The highest BCUT2D eigenvalue weighted by atomic mass is 16.5. The number of rotatable bonds is 7. The van der Waals surface area contributed by atoms with E-state index in [2.05, 4.69) is 10.1 Å². The molecule has 0 aliphatic carbocycles. The molecule has 0 unspecified atom stereocenters. The van der Waals surface area contributed by atoms with Crippen molar-refractivity contribution < 1.29 is 9.53 Å². The zero-order valence-corrected chi connectivity index (χ0v) is 16.7. The van der Waals surface area contributed by atoms with Crippen LogP contribution in [0.5, 0.6) is 5.75 Å². The number of hydrogen-bond acceptors (Lipinski definition) is 4. The first-order chi connectivity index (χ1) is 14.7. The third kappa shape index (κ3) is 4.38. The van der Waals surface area contributed by atoms with Crippen molar-refractivity contribution in [3.63, 3.8) is 0 Å². The van der Waals surface area contributed by atoms with E-state index in [1.54, 1.807) is 35.2 Å². The van der Waals surface area contributed by atoms with E-state index in [-0.39, 0.29) is 5.91 Å². The molecule has 0 aliphatic heterocycles. The number of nitrogens with zero attached hydrogens (tertiary/aromatic N) is 4. The van der Waals surface area contributed by atoms with Crippen LogP contribution in [0.2, 0.25) is 0 Å². The van der Waals surface area contributed by atoms with Crippen LogP contribution in [0, 0.1) is 0 Å². The molecule has 0 saturated heterocycles. The summed E-state index contributed by atoms with van der Waals surface area (Å²) < 4.78 is 7.45. The smallest absolute Gasteiger partial charge is 0.257 e. The molecule has 0 radical (unpaired) electrons. The minimum Gasteiger partial charge on any atom is -0.492 e. The minimum atomic E-state index is -0.118. The van der Waals surface area contributed by atoms with Gasteiger partial charge in [0.1, 0.15) is 18.1 Å². The van der Waals surface area contributed by atoms with E-state index in [0.717, 1.165) is 17.0 Å². The fraction of sp³-hybridized carbons (Fsp3) is 0.125. The van der Waals surface area contributed by atoms with Crippen molar-refractivity contribution in [3.8, 4) is 22.7 Å². The molecule has 0 bridgehead atoms. The maximum atomic E-state index is 13.2. The molecule has 0 spiro atoms. The maximum Gasteiger partial charge on any atom is 0.257 e. The van der Waals surface area contributed by atoms with Crippen molar-refractivity contribution in [2.24, 2.45) is 0 Å². The molecule has 0 fully saturated rings. The van der Waals surface area contributed by atoms with Gasteiger partial charge in [0.05, 0.1) is 17.8 Å². The lowest BCUT2D eigenvalue weighted by atomic mass is 10.1. The van der Waals surface area contributed by atoms with Crippen LogP contribution in [-0.2, 0) is 0 Å². The first kappa shape index (κ1) is 19.4. The largest absolute Gasteiger partial charge is 0.492 e. The Morgan fingerprint density at radius 1 is 1.00 bits per heavy atom. The monoisotopic (exact) mass is 398 g/mol. The molecule has 0 atom stereocenters. The van der Waals surface area contributed by atoms with Gasteiger partial charge in [-0.05, 0) is 36.4 Å². The Morgan fingerprint density at radius 2 is 1.73 bits per heavy atom. The molecule has 2 aromatic carbocycles. The lowest BCUT2D eigenvalue weighted by Crippen LogP contribution is -2.31. The van der Waals surface area contributed by atoms with Crippen LogP contribution in [-0.4, -0.2) is 45.8 Å². The van der Waals surface area contributed by atoms with Gasteiger partial charge in [0.2, 0.25) is 0 Å². The number of amides is 1. The molecular weight excluding hydrogens is 376 g/mol. The van der Waals surface area contributed by atoms with Crippen LogP contribution < -0.4 is 4.74 Å². The molecule has 4 rings (SSSR count). The fourth-order valence-corrected chi connectivity index (χ4v) is 3.08. The third-order valence-electron chi connectivity index (χ3n) is 4.69. The van der Waals surface area contributed by atoms with Crippen LogP contribution in [0.1, 0.15) is 10.4 Å². The summed E-state index contributed by atoms with van der Waals surface area (Å²) in [5, 5.41) is 4.68. The summed E-state index contributed by atoms with van der Waals surface area (Å²) in [6.45, 7) is 0.859.